The van der Waals surface area contributed by atoms with Crippen LogP contribution in [0.15, 0.2) is 42.6 Å². The van der Waals surface area contributed by atoms with Crippen LogP contribution in [0.1, 0.15) is 26.3 Å². The van der Waals surface area contributed by atoms with Crippen LogP contribution in [-0.2, 0) is 5.41 Å². The third kappa shape index (κ3) is 2.70. The van der Waals surface area contributed by atoms with Crippen molar-refractivity contribution in [3.05, 3.63) is 48.2 Å². The number of pyridine rings is 1. The van der Waals surface area contributed by atoms with Gasteiger partial charge in [0.25, 0.3) is 0 Å². The second-order valence-corrected chi connectivity index (χ2v) is 5.41. The van der Waals surface area contributed by atoms with Crippen LogP contribution >= 0.6 is 0 Å². The second kappa shape index (κ2) is 4.81. The first-order valence-electron chi connectivity index (χ1n) is 6.11. The zero-order valence-electron chi connectivity index (χ0n) is 11.4. The lowest BCUT2D eigenvalue weighted by Gasteiger charge is -2.18. The van der Waals surface area contributed by atoms with Crippen molar-refractivity contribution in [1.29, 1.82) is 0 Å². The van der Waals surface area contributed by atoms with Crippen molar-refractivity contribution >= 4 is 0 Å². The van der Waals surface area contributed by atoms with Crippen LogP contribution in [0, 0.1) is 0 Å². The molecule has 0 aliphatic rings. The van der Waals surface area contributed by atoms with Gasteiger partial charge in [0.05, 0.1) is 12.8 Å². The molecule has 2 nitrogen and oxygen atoms in total. The minimum Gasteiger partial charge on any atom is -0.497 e. The topological polar surface area (TPSA) is 22.1 Å². The van der Waals surface area contributed by atoms with Crippen molar-refractivity contribution in [2.24, 2.45) is 0 Å². The molecule has 1 aromatic carbocycles. The van der Waals surface area contributed by atoms with E-state index < -0.39 is 0 Å². The Bertz CT molecular complexity index is 506. The summed E-state index contributed by atoms with van der Waals surface area (Å²) in [5.74, 6) is 0.866. The number of ether oxygens (including phenoxy) is 1. The maximum atomic E-state index is 5.15. The quantitative estimate of drug-likeness (QED) is 0.791. The van der Waals surface area contributed by atoms with E-state index in [4.69, 9.17) is 4.74 Å². The third-order valence-corrected chi connectivity index (χ3v) is 3.02. The van der Waals surface area contributed by atoms with E-state index in [1.807, 2.05) is 30.5 Å². The molecule has 0 bridgehead atoms. The van der Waals surface area contributed by atoms with Crippen molar-refractivity contribution in [3.8, 4) is 17.0 Å². The number of aromatic nitrogens is 1. The zero-order valence-corrected chi connectivity index (χ0v) is 11.4. The van der Waals surface area contributed by atoms with Gasteiger partial charge in [-0.1, -0.05) is 26.8 Å². The first kappa shape index (κ1) is 12.6. The lowest BCUT2D eigenvalue weighted by Crippen LogP contribution is -2.11. The van der Waals surface area contributed by atoms with E-state index in [0.29, 0.717) is 0 Å². The fourth-order valence-electron chi connectivity index (χ4n) is 1.77. The van der Waals surface area contributed by atoms with Crippen LogP contribution in [0.3, 0.4) is 0 Å². The molecule has 1 aromatic heterocycles. The van der Waals surface area contributed by atoms with E-state index in [1.165, 1.54) is 5.56 Å². The summed E-state index contributed by atoms with van der Waals surface area (Å²) < 4.78 is 5.15. The summed E-state index contributed by atoms with van der Waals surface area (Å²) in [4.78, 5) is 4.53. The van der Waals surface area contributed by atoms with E-state index in [0.717, 1.165) is 17.0 Å². The van der Waals surface area contributed by atoms with Gasteiger partial charge in [-0.3, -0.25) is 4.98 Å². The molecule has 0 atom stereocenters. The number of nitrogens with zero attached hydrogens (tertiary/aromatic N) is 1. The summed E-state index contributed by atoms with van der Waals surface area (Å²) in [5, 5.41) is 0. The highest BCUT2D eigenvalue weighted by atomic mass is 16.5. The Morgan fingerprint density at radius 1 is 0.944 bits per heavy atom. The normalized spacial score (nSPS) is 11.3. The predicted octanol–water partition coefficient (Wildman–Crippen LogP) is 4.05. The highest BCUT2D eigenvalue weighted by Crippen LogP contribution is 2.25. The summed E-state index contributed by atoms with van der Waals surface area (Å²) in [6.07, 6.45) is 1.96. The summed E-state index contributed by atoms with van der Waals surface area (Å²) in [6.45, 7) is 6.57. The molecule has 0 spiro atoms. The predicted molar refractivity (Wildman–Crippen MR) is 74.9 cm³/mol. The van der Waals surface area contributed by atoms with Gasteiger partial charge in [0.1, 0.15) is 5.75 Å². The number of methoxy groups -OCH3 is 1. The molecule has 0 radical (unpaired) electrons. The summed E-state index contributed by atoms with van der Waals surface area (Å²) in [5.41, 5.74) is 3.49. The van der Waals surface area contributed by atoms with Crippen molar-refractivity contribution in [2.45, 2.75) is 26.2 Å². The van der Waals surface area contributed by atoms with Gasteiger partial charge in [0.15, 0.2) is 0 Å². The smallest absolute Gasteiger partial charge is 0.118 e. The van der Waals surface area contributed by atoms with Gasteiger partial charge in [-0.05, 0) is 41.3 Å². The number of rotatable bonds is 2. The number of benzene rings is 1. The van der Waals surface area contributed by atoms with E-state index in [1.54, 1.807) is 7.11 Å². The zero-order chi connectivity index (χ0) is 13.2. The van der Waals surface area contributed by atoms with Gasteiger partial charge in [-0.25, -0.2) is 0 Å². The summed E-state index contributed by atoms with van der Waals surface area (Å²) in [6, 6.07) is 12.2. The molecule has 0 fully saturated rings. The minimum atomic E-state index is 0.144. The van der Waals surface area contributed by atoms with Crippen molar-refractivity contribution < 1.29 is 4.74 Å². The van der Waals surface area contributed by atoms with Crippen molar-refractivity contribution in [1.82, 2.24) is 4.98 Å². The Labute approximate surface area is 109 Å². The lowest BCUT2D eigenvalue weighted by atomic mass is 9.88. The Morgan fingerprint density at radius 3 is 2.06 bits per heavy atom. The molecule has 1 heterocycles. The Hall–Kier alpha value is -1.83. The fraction of sp³-hybridized carbons (Fsp3) is 0.312. The molecular weight excluding hydrogens is 222 g/mol. The molecule has 2 rings (SSSR count). The molecular formula is C16H19NO. The average molecular weight is 241 g/mol. The monoisotopic (exact) mass is 241 g/mol. The molecule has 0 amide bonds. The molecule has 0 aliphatic heterocycles. The maximum Gasteiger partial charge on any atom is 0.118 e. The first-order valence-corrected chi connectivity index (χ1v) is 6.11. The van der Waals surface area contributed by atoms with Crippen LogP contribution in [-0.4, -0.2) is 12.1 Å². The summed E-state index contributed by atoms with van der Waals surface area (Å²) >= 11 is 0. The maximum absolute atomic E-state index is 5.15. The van der Waals surface area contributed by atoms with Crippen molar-refractivity contribution in [3.63, 3.8) is 0 Å². The molecule has 0 saturated carbocycles. The van der Waals surface area contributed by atoms with Gasteiger partial charge < -0.3 is 4.74 Å². The SMILES string of the molecule is COc1ccc(-c2ccc(C(C)(C)C)cn2)cc1. The van der Waals surface area contributed by atoms with Crippen molar-refractivity contribution in [2.75, 3.05) is 7.11 Å². The molecule has 0 unspecified atom stereocenters. The van der Waals surface area contributed by atoms with Crippen LogP contribution in [0.2, 0.25) is 0 Å². The Balaban J connectivity index is 2.28. The molecule has 2 aromatic rings. The fourth-order valence-corrected chi connectivity index (χ4v) is 1.77. The lowest BCUT2D eigenvalue weighted by molar-refractivity contribution is 0.415. The molecule has 94 valence electrons. The largest absolute Gasteiger partial charge is 0.497 e. The van der Waals surface area contributed by atoms with Crippen LogP contribution < -0.4 is 4.74 Å². The number of hydrogen-bond donors (Lipinski definition) is 0. The summed E-state index contributed by atoms with van der Waals surface area (Å²) in [7, 11) is 1.67. The Morgan fingerprint density at radius 2 is 1.61 bits per heavy atom. The molecule has 0 aliphatic carbocycles. The molecule has 0 N–H and O–H groups in total. The molecule has 18 heavy (non-hydrogen) atoms. The average Bonchev–Trinajstić information content (AvgIpc) is 2.38. The Kier molecular flexibility index (Phi) is 3.37. The van der Waals surface area contributed by atoms with Gasteiger partial charge in [0, 0.05) is 11.8 Å². The standard InChI is InChI=1S/C16H19NO/c1-16(2,3)13-7-10-15(17-11-13)12-5-8-14(18-4)9-6-12/h5-11H,1-4H3. The van der Waals surface area contributed by atoms with E-state index in [9.17, 15) is 0 Å². The van der Waals surface area contributed by atoms with Gasteiger partial charge in [0.2, 0.25) is 0 Å². The van der Waals surface area contributed by atoms with Gasteiger partial charge in [-0.2, -0.15) is 0 Å². The van der Waals surface area contributed by atoms with E-state index in [2.05, 4.69) is 37.9 Å². The van der Waals surface area contributed by atoms with Gasteiger partial charge >= 0.3 is 0 Å². The highest BCUT2D eigenvalue weighted by molar-refractivity contribution is 5.60. The minimum absolute atomic E-state index is 0.144. The number of hydrogen-bond acceptors (Lipinski definition) is 2. The second-order valence-electron chi connectivity index (χ2n) is 5.41. The van der Waals surface area contributed by atoms with Crippen LogP contribution in [0.25, 0.3) is 11.3 Å². The van der Waals surface area contributed by atoms with Gasteiger partial charge in [-0.15, -0.1) is 0 Å². The van der Waals surface area contributed by atoms with E-state index in [-0.39, 0.29) is 5.41 Å². The van der Waals surface area contributed by atoms with Crippen LogP contribution in [0.4, 0.5) is 0 Å². The third-order valence-electron chi connectivity index (χ3n) is 3.02. The van der Waals surface area contributed by atoms with Crippen LogP contribution in [0.5, 0.6) is 5.75 Å². The highest BCUT2D eigenvalue weighted by Gasteiger charge is 2.13. The molecule has 0 saturated heterocycles. The molecule has 2 heteroatoms. The first-order chi connectivity index (χ1) is 8.50. The van der Waals surface area contributed by atoms with E-state index >= 15 is 0 Å².